The minimum absolute atomic E-state index is 0.812. The van der Waals surface area contributed by atoms with Crippen molar-refractivity contribution < 1.29 is 4.74 Å². The summed E-state index contributed by atoms with van der Waals surface area (Å²) in [5, 5.41) is 11.0. The Morgan fingerprint density at radius 3 is 1.93 bits per heavy atom. The summed E-state index contributed by atoms with van der Waals surface area (Å²) in [4.78, 5) is 0. The zero-order chi connectivity index (χ0) is 20.6. The van der Waals surface area contributed by atoms with Crippen LogP contribution >= 0.6 is 11.3 Å². The number of rotatable bonds is 17. The molecule has 0 bridgehead atoms. The second-order valence-electron chi connectivity index (χ2n) is 8.01. The zero-order valence-electron chi connectivity index (χ0n) is 18.6. The number of hydrogen-bond acceptors (Lipinski definition) is 4. The van der Waals surface area contributed by atoms with E-state index in [2.05, 4.69) is 48.3 Å². The molecule has 3 nitrogen and oxygen atoms in total. The number of ether oxygens (including phenoxy) is 1. The highest BCUT2D eigenvalue weighted by atomic mass is 32.1. The van der Waals surface area contributed by atoms with Gasteiger partial charge in [-0.2, -0.15) is 0 Å². The number of unbranched alkanes of at least 4 members (excludes halogenated alkanes) is 11. The average molecular weight is 417 g/mol. The van der Waals surface area contributed by atoms with Crippen LogP contribution in [0.3, 0.4) is 0 Å². The van der Waals surface area contributed by atoms with E-state index >= 15 is 0 Å². The lowest BCUT2D eigenvalue weighted by atomic mass is 10.1. The van der Waals surface area contributed by atoms with Crippen LogP contribution < -0.4 is 4.74 Å². The molecule has 4 heteroatoms. The van der Waals surface area contributed by atoms with Crippen molar-refractivity contribution in [3.05, 3.63) is 29.3 Å². The van der Waals surface area contributed by atoms with Crippen LogP contribution in [0.4, 0.5) is 0 Å². The standard InChI is InChI=1S/C25H40N2OS/c1-3-5-7-9-11-12-14-16-24-26-27-25(29-24)22-17-19-23(20-18-22)28-21-15-13-10-8-6-4-2/h17-20H,3-16,21H2,1-2H3. The molecule has 1 heterocycles. The van der Waals surface area contributed by atoms with Crippen LogP contribution in [0.5, 0.6) is 5.75 Å². The van der Waals surface area contributed by atoms with Crippen LogP contribution in [-0.4, -0.2) is 16.8 Å². The predicted molar refractivity (Wildman–Crippen MR) is 126 cm³/mol. The highest BCUT2D eigenvalue weighted by molar-refractivity contribution is 7.14. The normalized spacial score (nSPS) is 11.1. The fourth-order valence-electron chi connectivity index (χ4n) is 3.47. The van der Waals surface area contributed by atoms with E-state index in [1.807, 2.05) is 0 Å². The minimum Gasteiger partial charge on any atom is -0.494 e. The van der Waals surface area contributed by atoms with Gasteiger partial charge in [-0.05, 0) is 37.1 Å². The third-order valence-electron chi connectivity index (χ3n) is 5.33. The maximum Gasteiger partial charge on any atom is 0.147 e. The maximum absolute atomic E-state index is 5.88. The number of hydrogen-bond donors (Lipinski definition) is 0. The van der Waals surface area contributed by atoms with E-state index in [0.717, 1.165) is 40.8 Å². The van der Waals surface area contributed by atoms with Gasteiger partial charge in [0, 0.05) is 12.0 Å². The van der Waals surface area contributed by atoms with Crippen molar-refractivity contribution in [2.45, 2.75) is 104 Å². The van der Waals surface area contributed by atoms with E-state index in [1.54, 1.807) is 11.3 Å². The fourth-order valence-corrected chi connectivity index (χ4v) is 4.36. The van der Waals surface area contributed by atoms with E-state index in [0.29, 0.717) is 0 Å². The van der Waals surface area contributed by atoms with Gasteiger partial charge in [0.25, 0.3) is 0 Å². The molecule has 0 N–H and O–H groups in total. The molecule has 0 aliphatic carbocycles. The Hall–Kier alpha value is -1.42. The summed E-state index contributed by atoms with van der Waals surface area (Å²) in [5.74, 6) is 0.954. The summed E-state index contributed by atoms with van der Waals surface area (Å²) in [7, 11) is 0. The van der Waals surface area contributed by atoms with E-state index in [4.69, 9.17) is 4.74 Å². The van der Waals surface area contributed by atoms with Crippen molar-refractivity contribution in [2.75, 3.05) is 6.61 Å². The third-order valence-corrected chi connectivity index (χ3v) is 6.36. The van der Waals surface area contributed by atoms with E-state index in [9.17, 15) is 0 Å². The van der Waals surface area contributed by atoms with Crippen molar-refractivity contribution in [2.24, 2.45) is 0 Å². The molecule has 1 aromatic heterocycles. The smallest absolute Gasteiger partial charge is 0.147 e. The third kappa shape index (κ3) is 10.3. The molecule has 0 aliphatic heterocycles. The van der Waals surface area contributed by atoms with E-state index in [1.165, 1.54) is 77.0 Å². The van der Waals surface area contributed by atoms with Crippen LogP contribution in [0, 0.1) is 0 Å². The number of nitrogens with zero attached hydrogens (tertiary/aromatic N) is 2. The van der Waals surface area contributed by atoms with Gasteiger partial charge in [-0.15, -0.1) is 10.2 Å². The molecule has 2 rings (SSSR count). The molecule has 1 aromatic carbocycles. The first-order valence-corrected chi connectivity index (χ1v) is 12.7. The van der Waals surface area contributed by atoms with Gasteiger partial charge in [0.05, 0.1) is 6.61 Å². The summed E-state index contributed by atoms with van der Waals surface area (Å²) in [6, 6.07) is 8.33. The summed E-state index contributed by atoms with van der Waals surface area (Å²) in [6.45, 7) is 5.34. The predicted octanol–water partition coefficient (Wildman–Crippen LogP) is 8.24. The van der Waals surface area contributed by atoms with E-state index < -0.39 is 0 Å². The molecule has 0 saturated heterocycles. The monoisotopic (exact) mass is 416 g/mol. The van der Waals surface area contributed by atoms with Crippen LogP contribution in [0.15, 0.2) is 24.3 Å². The first-order chi connectivity index (χ1) is 14.3. The van der Waals surface area contributed by atoms with Crippen molar-refractivity contribution in [1.29, 1.82) is 0 Å². The largest absolute Gasteiger partial charge is 0.494 e. The molecule has 162 valence electrons. The van der Waals surface area contributed by atoms with Crippen LogP contribution in [0.2, 0.25) is 0 Å². The lowest BCUT2D eigenvalue weighted by Gasteiger charge is -2.06. The topological polar surface area (TPSA) is 35.0 Å². The molecule has 0 atom stereocenters. The van der Waals surface area contributed by atoms with E-state index in [-0.39, 0.29) is 0 Å². The highest BCUT2D eigenvalue weighted by Crippen LogP contribution is 2.26. The Kier molecular flexibility index (Phi) is 12.7. The lowest BCUT2D eigenvalue weighted by molar-refractivity contribution is 0.304. The Balaban J connectivity index is 1.64. The number of benzene rings is 1. The number of aromatic nitrogens is 2. The second kappa shape index (κ2) is 15.4. The maximum atomic E-state index is 5.88. The summed E-state index contributed by atoms with van der Waals surface area (Å²) < 4.78 is 5.88. The van der Waals surface area contributed by atoms with Crippen molar-refractivity contribution in [3.8, 4) is 16.3 Å². The molecule has 0 radical (unpaired) electrons. The molecule has 0 unspecified atom stereocenters. The first kappa shape index (κ1) is 23.9. The molecule has 0 saturated carbocycles. The molecule has 0 aliphatic rings. The SMILES string of the molecule is CCCCCCCCCc1nnc(-c2ccc(OCCCCCCCC)cc2)s1. The van der Waals surface area contributed by atoms with Crippen molar-refractivity contribution in [3.63, 3.8) is 0 Å². The zero-order valence-corrected chi connectivity index (χ0v) is 19.4. The quantitative estimate of drug-likeness (QED) is 0.243. The molecule has 0 amide bonds. The van der Waals surface area contributed by atoms with Crippen molar-refractivity contribution >= 4 is 11.3 Å². The van der Waals surface area contributed by atoms with Gasteiger partial charge in [0.1, 0.15) is 15.8 Å². The first-order valence-electron chi connectivity index (χ1n) is 11.9. The van der Waals surface area contributed by atoms with Gasteiger partial charge in [0.2, 0.25) is 0 Å². The molecule has 2 aromatic rings. The van der Waals surface area contributed by atoms with Gasteiger partial charge in [-0.25, -0.2) is 0 Å². The Morgan fingerprint density at radius 1 is 0.690 bits per heavy atom. The second-order valence-corrected chi connectivity index (χ2v) is 9.07. The Labute approximate surface area is 182 Å². The summed E-state index contributed by atoms with van der Waals surface area (Å²) in [6.07, 6.45) is 18.2. The van der Waals surface area contributed by atoms with Crippen LogP contribution in [-0.2, 0) is 6.42 Å². The van der Waals surface area contributed by atoms with Gasteiger partial charge in [-0.1, -0.05) is 95.8 Å². The molecule has 29 heavy (non-hydrogen) atoms. The molecule has 0 fully saturated rings. The highest BCUT2D eigenvalue weighted by Gasteiger charge is 2.07. The molecular formula is C25H40N2OS. The molecular weight excluding hydrogens is 376 g/mol. The van der Waals surface area contributed by atoms with Crippen LogP contribution in [0.25, 0.3) is 10.6 Å². The van der Waals surface area contributed by atoms with Crippen LogP contribution in [0.1, 0.15) is 102 Å². The molecule has 0 spiro atoms. The Morgan fingerprint density at radius 2 is 1.28 bits per heavy atom. The Bertz CT molecular complexity index is 639. The fraction of sp³-hybridized carbons (Fsp3) is 0.680. The van der Waals surface area contributed by atoms with Crippen molar-refractivity contribution in [1.82, 2.24) is 10.2 Å². The minimum atomic E-state index is 0.812. The number of aryl methyl sites for hydroxylation is 1. The van der Waals surface area contributed by atoms with Gasteiger partial charge < -0.3 is 4.74 Å². The summed E-state index contributed by atoms with van der Waals surface area (Å²) in [5.41, 5.74) is 1.14. The lowest BCUT2D eigenvalue weighted by Crippen LogP contribution is -1.97. The van der Waals surface area contributed by atoms with Gasteiger partial charge in [-0.3, -0.25) is 0 Å². The van der Waals surface area contributed by atoms with Gasteiger partial charge in [0.15, 0.2) is 0 Å². The van der Waals surface area contributed by atoms with Gasteiger partial charge >= 0.3 is 0 Å². The summed E-state index contributed by atoms with van der Waals surface area (Å²) >= 11 is 1.73. The average Bonchev–Trinajstić information content (AvgIpc) is 3.22.